The van der Waals surface area contributed by atoms with Crippen LogP contribution in [0, 0.1) is 45.3 Å². The molecule has 52 heavy (non-hydrogen) atoms. The van der Waals surface area contributed by atoms with E-state index >= 15 is 0 Å². The van der Waals surface area contributed by atoms with E-state index < -0.39 is 0 Å². The molecule has 0 aliphatic rings. The molecule has 238 valence electrons. The number of hydrogen-bond acceptors (Lipinski definition) is 4. The highest BCUT2D eigenvalue weighted by Gasteiger charge is 2.18. The molecule has 0 radical (unpaired) electrons. The van der Waals surface area contributed by atoms with Gasteiger partial charge in [-0.25, -0.2) is 0 Å². The molecule has 0 bridgehead atoms. The van der Waals surface area contributed by atoms with Crippen LogP contribution in [0.5, 0.6) is 0 Å². The minimum atomic E-state index is 0.526. The van der Waals surface area contributed by atoms with Gasteiger partial charge in [0.2, 0.25) is 0 Å². The SMILES string of the molecule is N#Cc1cccc(-c2cc(-c3cc(C#N)cc(-n4c5ccccc5c5ccccc54)c3)cc(-n3c4ccc(C#N)cc4c4cc(C#N)ccc43)c2)c1. The second kappa shape index (κ2) is 11.9. The number of rotatable bonds is 4. The van der Waals surface area contributed by atoms with Crippen molar-refractivity contribution < 1.29 is 0 Å². The fraction of sp³-hybridized carbons (Fsp3) is 0. The van der Waals surface area contributed by atoms with Crippen LogP contribution in [0.25, 0.3) is 77.2 Å². The van der Waals surface area contributed by atoms with Crippen molar-refractivity contribution in [3.8, 4) is 57.9 Å². The number of nitrogens with zero attached hydrogens (tertiary/aromatic N) is 6. The topological polar surface area (TPSA) is 105 Å². The monoisotopic (exact) mass is 660 g/mol. The molecule has 0 atom stereocenters. The lowest BCUT2D eigenvalue weighted by atomic mass is 9.95. The zero-order valence-electron chi connectivity index (χ0n) is 27.5. The Morgan fingerprint density at radius 1 is 0.308 bits per heavy atom. The molecule has 0 fully saturated rings. The molecule has 0 aliphatic carbocycles. The van der Waals surface area contributed by atoms with Crippen LogP contribution >= 0.6 is 0 Å². The van der Waals surface area contributed by atoms with E-state index in [1.165, 1.54) is 0 Å². The van der Waals surface area contributed by atoms with E-state index in [1.807, 2.05) is 78.9 Å². The van der Waals surface area contributed by atoms with Crippen molar-refractivity contribution in [2.45, 2.75) is 0 Å². The molecule has 9 rings (SSSR count). The van der Waals surface area contributed by atoms with E-state index in [9.17, 15) is 21.0 Å². The zero-order valence-corrected chi connectivity index (χ0v) is 27.5. The number of hydrogen-bond donors (Lipinski definition) is 0. The normalized spacial score (nSPS) is 11.0. The number of benzene rings is 7. The lowest BCUT2D eigenvalue weighted by molar-refractivity contribution is 1.17. The first kappa shape index (κ1) is 30.2. The molecular formula is C46H24N6. The maximum atomic E-state index is 10.3. The van der Waals surface area contributed by atoms with Gasteiger partial charge >= 0.3 is 0 Å². The summed E-state index contributed by atoms with van der Waals surface area (Å²) >= 11 is 0. The van der Waals surface area contributed by atoms with Crippen molar-refractivity contribution in [2.75, 3.05) is 0 Å². The predicted octanol–water partition coefficient (Wildman–Crippen LogP) is 10.7. The van der Waals surface area contributed by atoms with Gasteiger partial charge in [0, 0.05) is 32.9 Å². The average Bonchev–Trinajstić information content (AvgIpc) is 3.72. The number of nitriles is 4. The van der Waals surface area contributed by atoms with Gasteiger partial charge in [0.1, 0.15) is 0 Å². The predicted molar refractivity (Wildman–Crippen MR) is 205 cm³/mol. The molecule has 6 nitrogen and oxygen atoms in total. The van der Waals surface area contributed by atoms with E-state index in [1.54, 1.807) is 18.2 Å². The Labute approximate surface area is 298 Å². The third-order valence-corrected chi connectivity index (χ3v) is 9.74. The number of aromatic nitrogens is 2. The van der Waals surface area contributed by atoms with E-state index in [-0.39, 0.29) is 0 Å². The summed E-state index contributed by atoms with van der Waals surface area (Å²) in [6, 6.07) is 56.8. The van der Waals surface area contributed by atoms with E-state index in [0.717, 1.165) is 77.2 Å². The average molecular weight is 661 g/mol. The first-order valence-corrected chi connectivity index (χ1v) is 16.7. The van der Waals surface area contributed by atoms with Gasteiger partial charge in [-0.05, 0) is 119 Å². The smallest absolute Gasteiger partial charge is 0.0992 e. The van der Waals surface area contributed by atoms with Gasteiger partial charge in [-0.15, -0.1) is 0 Å². The van der Waals surface area contributed by atoms with Crippen LogP contribution in [0.3, 0.4) is 0 Å². The maximum absolute atomic E-state index is 10.3. The highest BCUT2D eigenvalue weighted by molar-refractivity contribution is 6.11. The van der Waals surface area contributed by atoms with Crippen molar-refractivity contribution in [3.05, 3.63) is 168 Å². The van der Waals surface area contributed by atoms with E-state index in [0.29, 0.717) is 22.3 Å². The molecular weight excluding hydrogens is 637 g/mol. The Balaban J connectivity index is 1.35. The first-order valence-electron chi connectivity index (χ1n) is 16.7. The van der Waals surface area contributed by atoms with Gasteiger partial charge in [-0.2, -0.15) is 21.0 Å². The van der Waals surface area contributed by atoms with Gasteiger partial charge in [0.05, 0.1) is 68.6 Å². The Morgan fingerprint density at radius 2 is 0.750 bits per heavy atom. The summed E-state index contributed by atoms with van der Waals surface area (Å²) in [5.74, 6) is 0. The summed E-state index contributed by atoms with van der Waals surface area (Å²) in [5, 5.41) is 43.6. The first-order chi connectivity index (χ1) is 25.6. The highest BCUT2D eigenvalue weighted by Crippen LogP contribution is 2.39. The van der Waals surface area contributed by atoms with Gasteiger partial charge in [-0.1, -0.05) is 48.5 Å². The molecule has 6 heteroatoms. The quantitative estimate of drug-likeness (QED) is 0.187. The zero-order chi connectivity index (χ0) is 35.3. The van der Waals surface area contributed by atoms with E-state index in [4.69, 9.17) is 0 Å². The summed E-state index contributed by atoms with van der Waals surface area (Å²) < 4.78 is 4.36. The molecule has 0 saturated carbocycles. The van der Waals surface area contributed by atoms with Gasteiger partial charge in [-0.3, -0.25) is 0 Å². The fourth-order valence-corrected chi connectivity index (χ4v) is 7.45. The third kappa shape index (κ3) is 4.77. The lowest BCUT2D eigenvalue weighted by Crippen LogP contribution is -1.98. The Morgan fingerprint density at radius 3 is 1.31 bits per heavy atom. The van der Waals surface area contributed by atoms with Gasteiger partial charge in [0.15, 0.2) is 0 Å². The Hall–Kier alpha value is -7.90. The van der Waals surface area contributed by atoms with Crippen LogP contribution < -0.4 is 0 Å². The molecule has 0 amide bonds. The van der Waals surface area contributed by atoms with E-state index in [2.05, 4.69) is 81.9 Å². The molecule has 0 aliphatic heterocycles. The van der Waals surface area contributed by atoms with Crippen molar-refractivity contribution in [1.29, 1.82) is 21.0 Å². The summed E-state index contributed by atoms with van der Waals surface area (Å²) in [5.41, 5.74) is 11.2. The fourth-order valence-electron chi connectivity index (χ4n) is 7.45. The standard InChI is InChI=1S/C46H24N6/c47-25-29-6-5-7-33(16-29)35-21-36(24-38(23-35)52-45-14-12-30(26-48)19-41(45)42-20-31(27-49)13-15-46(42)52)34-17-32(28-50)18-37(22-34)51-43-10-3-1-8-39(43)40-9-2-4-11-44(40)51/h1-24H. The highest BCUT2D eigenvalue weighted by atomic mass is 15.0. The second-order valence-corrected chi connectivity index (χ2v) is 12.7. The van der Waals surface area contributed by atoms with Crippen molar-refractivity contribution in [3.63, 3.8) is 0 Å². The summed E-state index contributed by atoms with van der Waals surface area (Å²) in [6.07, 6.45) is 0. The minimum Gasteiger partial charge on any atom is -0.309 e. The van der Waals surface area contributed by atoms with Crippen LogP contribution in [0.2, 0.25) is 0 Å². The molecule has 9 aromatic rings. The summed E-state index contributed by atoms with van der Waals surface area (Å²) in [7, 11) is 0. The van der Waals surface area contributed by atoms with Crippen LogP contribution in [0.1, 0.15) is 22.3 Å². The summed E-state index contributed by atoms with van der Waals surface area (Å²) in [6.45, 7) is 0. The molecule has 0 spiro atoms. The maximum Gasteiger partial charge on any atom is 0.0992 e. The summed E-state index contributed by atoms with van der Waals surface area (Å²) in [4.78, 5) is 0. The van der Waals surface area contributed by atoms with Crippen molar-refractivity contribution in [2.24, 2.45) is 0 Å². The van der Waals surface area contributed by atoms with Crippen LogP contribution in [-0.2, 0) is 0 Å². The number of fused-ring (bicyclic) bond motifs is 6. The molecule has 2 heterocycles. The van der Waals surface area contributed by atoms with Crippen LogP contribution in [0.4, 0.5) is 0 Å². The van der Waals surface area contributed by atoms with Crippen LogP contribution in [0.15, 0.2) is 146 Å². The molecule has 0 N–H and O–H groups in total. The van der Waals surface area contributed by atoms with Gasteiger partial charge < -0.3 is 9.13 Å². The number of para-hydroxylation sites is 2. The van der Waals surface area contributed by atoms with Gasteiger partial charge in [0.25, 0.3) is 0 Å². The Kier molecular flexibility index (Phi) is 6.91. The van der Waals surface area contributed by atoms with Crippen molar-refractivity contribution >= 4 is 43.6 Å². The second-order valence-electron chi connectivity index (χ2n) is 12.7. The third-order valence-electron chi connectivity index (χ3n) is 9.74. The van der Waals surface area contributed by atoms with Crippen molar-refractivity contribution in [1.82, 2.24) is 9.13 Å². The van der Waals surface area contributed by atoms with Crippen LogP contribution in [-0.4, -0.2) is 9.13 Å². The Bertz CT molecular complexity index is 3010. The molecule has 7 aromatic carbocycles. The molecule has 0 unspecified atom stereocenters. The largest absolute Gasteiger partial charge is 0.309 e. The molecule has 0 saturated heterocycles. The minimum absolute atomic E-state index is 0.526. The molecule has 2 aromatic heterocycles. The lowest BCUT2D eigenvalue weighted by Gasteiger charge is -2.16.